The number of hydrogen-bond acceptors (Lipinski definition) is 6. The maximum atomic E-state index is 11.9. The highest BCUT2D eigenvalue weighted by molar-refractivity contribution is 5.92. The molecule has 7 nitrogen and oxygen atoms in total. The molecule has 0 spiro atoms. The molecule has 0 aliphatic heterocycles. The van der Waals surface area contributed by atoms with Gasteiger partial charge in [-0.05, 0) is 24.3 Å². The minimum absolute atomic E-state index is 0.231. The van der Waals surface area contributed by atoms with E-state index >= 15 is 0 Å². The molecule has 0 saturated heterocycles. The van der Waals surface area contributed by atoms with Crippen LogP contribution in [0.5, 0.6) is 0 Å². The van der Waals surface area contributed by atoms with E-state index in [1.807, 2.05) is 30.3 Å². The van der Waals surface area contributed by atoms with E-state index in [2.05, 4.69) is 26.0 Å². The van der Waals surface area contributed by atoms with Gasteiger partial charge in [-0.1, -0.05) is 24.3 Å². The van der Waals surface area contributed by atoms with Crippen molar-refractivity contribution >= 4 is 33.8 Å². The van der Waals surface area contributed by atoms with Crippen molar-refractivity contribution in [1.29, 1.82) is 0 Å². The fourth-order valence-electron chi connectivity index (χ4n) is 2.40. The molecule has 112 valence electrons. The van der Waals surface area contributed by atoms with Crippen molar-refractivity contribution in [3.8, 4) is 0 Å². The number of fused-ring (bicyclic) bond motifs is 1. The fourth-order valence-corrected chi connectivity index (χ4v) is 2.40. The molecule has 0 aliphatic rings. The molecule has 0 unspecified atom stereocenters. The summed E-state index contributed by atoms with van der Waals surface area (Å²) >= 11 is 0. The third-order valence-corrected chi connectivity index (χ3v) is 3.56. The second-order valence-electron chi connectivity index (χ2n) is 5.02. The van der Waals surface area contributed by atoms with Crippen LogP contribution in [0.3, 0.4) is 0 Å². The first-order chi connectivity index (χ1) is 11.2. The number of aromatic nitrogens is 3. The molecule has 0 aliphatic carbocycles. The van der Waals surface area contributed by atoms with E-state index in [1.54, 1.807) is 18.2 Å². The average Bonchev–Trinajstić information content (AvgIpc) is 3.08. The van der Waals surface area contributed by atoms with Crippen LogP contribution in [-0.2, 0) is 0 Å². The zero-order valence-corrected chi connectivity index (χ0v) is 11.8. The number of benzene rings is 2. The Labute approximate surface area is 129 Å². The van der Waals surface area contributed by atoms with Gasteiger partial charge in [-0.15, -0.1) is 0 Å². The normalized spacial score (nSPS) is 11.0. The van der Waals surface area contributed by atoms with Crippen LogP contribution in [0.25, 0.3) is 11.0 Å². The lowest BCUT2D eigenvalue weighted by molar-refractivity contribution is 0.959. The van der Waals surface area contributed by atoms with Crippen molar-refractivity contribution in [2.75, 3.05) is 10.6 Å². The Hall–Kier alpha value is -3.48. The van der Waals surface area contributed by atoms with Crippen molar-refractivity contribution in [3.05, 3.63) is 69.0 Å². The van der Waals surface area contributed by atoms with E-state index in [1.165, 1.54) is 0 Å². The minimum Gasteiger partial charge on any atom is -0.350 e. The van der Waals surface area contributed by atoms with Crippen LogP contribution in [0.15, 0.2) is 58.1 Å². The summed E-state index contributed by atoms with van der Waals surface area (Å²) in [6, 6.07) is 14.6. The van der Waals surface area contributed by atoms with Crippen molar-refractivity contribution in [2.24, 2.45) is 0 Å². The number of hydrogen-bond donors (Lipinski definition) is 3. The van der Waals surface area contributed by atoms with E-state index in [0.29, 0.717) is 16.7 Å². The Morgan fingerprint density at radius 3 is 2.30 bits per heavy atom. The molecule has 3 N–H and O–H groups in total. The van der Waals surface area contributed by atoms with Gasteiger partial charge >= 0.3 is 0 Å². The van der Waals surface area contributed by atoms with Crippen LogP contribution < -0.4 is 21.5 Å². The van der Waals surface area contributed by atoms with Crippen molar-refractivity contribution in [3.63, 3.8) is 0 Å². The van der Waals surface area contributed by atoms with Gasteiger partial charge in [0.15, 0.2) is 0 Å². The van der Waals surface area contributed by atoms with Crippen LogP contribution in [0.2, 0.25) is 0 Å². The standard InChI is InChI=1S/C16H11N5O2/c22-15-13(17-9-5-2-1-3-6-9)14(16(15)23)18-10-7-4-8-11-12(10)20-21-19-11/h1-8,17-18H,(H,19,20,21). The first-order valence-electron chi connectivity index (χ1n) is 6.96. The molecule has 0 amide bonds. The van der Waals surface area contributed by atoms with E-state index in [0.717, 1.165) is 5.69 Å². The zero-order valence-electron chi connectivity index (χ0n) is 11.8. The number of para-hydroxylation sites is 2. The highest BCUT2D eigenvalue weighted by Crippen LogP contribution is 2.27. The topological polar surface area (TPSA) is 99.8 Å². The van der Waals surface area contributed by atoms with Crippen LogP contribution >= 0.6 is 0 Å². The summed E-state index contributed by atoms with van der Waals surface area (Å²) in [6.45, 7) is 0. The quantitative estimate of drug-likeness (QED) is 0.499. The van der Waals surface area contributed by atoms with Crippen molar-refractivity contribution < 1.29 is 0 Å². The molecule has 4 aromatic rings. The van der Waals surface area contributed by atoms with Crippen molar-refractivity contribution in [2.45, 2.75) is 0 Å². The predicted molar refractivity (Wildman–Crippen MR) is 88.3 cm³/mol. The van der Waals surface area contributed by atoms with Gasteiger partial charge in [0.25, 0.3) is 10.9 Å². The van der Waals surface area contributed by atoms with E-state index in [4.69, 9.17) is 0 Å². The predicted octanol–water partition coefficient (Wildman–Crippen LogP) is 2.04. The Bertz CT molecular complexity index is 1060. The molecule has 1 heterocycles. The minimum atomic E-state index is -0.552. The maximum Gasteiger partial charge on any atom is 0.253 e. The highest BCUT2D eigenvalue weighted by atomic mass is 16.2. The summed E-state index contributed by atoms with van der Waals surface area (Å²) in [5.74, 6) is 0. The molecule has 0 bridgehead atoms. The number of rotatable bonds is 4. The van der Waals surface area contributed by atoms with Crippen LogP contribution in [-0.4, -0.2) is 15.4 Å². The number of nitrogens with zero attached hydrogens (tertiary/aromatic N) is 2. The highest BCUT2D eigenvalue weighted by Gasteiger charge is 2.22. The molecular weight excluding hydrogens is 294 g/mol. The second-order valence-corrected chi connectivity index (χ2v) is 5.02. The van der Waals surface area contributed by atoms with Gasteiger partial charge in [0.2, 0.25) is 0 Å². The summed E-state index contributed by atoms with van der Waals surface area (Å²) < 4.78 is 0. The third kappa shape index (κ3) is 2.15. The van der Waals surface area contributed by atoms with Crippen molar-refractivity contribution in [1.82, 2.24) is 15.4 Å². The molecule has 0 fully saturated rings. The first-order valence-corrected chi connectivity index (χ1v) is 6.96. The molecule has 0 saturated carbocycles. The lowest BCUT2D eigenvalue weighted by Crippen LogP contribution is -2.35. The molecular formula is C16H11N5O2. The fraction of sp³-hybridized carbons (Fsp3) is 0. The summed E-state index contributed by atoms with van der Waals surface area (Å²) in [6.07, 6.45) is 0. The van der Waals surface area contributed by atoms with Gasteiger partial charge < -0.3 is 10.6 Å². The zero-order chi connectivity index (χ0) is 15.8. The SMILES string of the molecule is O=c1c(Nc2ccccc2)c(Nc2cccc3n[nH]nc23)c1=O. The summed E-state index contributed by atoms with van der Waals surface area (Å²) in [5, 5.41) is 16.5. The van der Waals surface area contributed by atoms with Crippen LogP contribution in [0.1, 0.15) is 0 Å². The number of aromatic amines is 1. The third-order valence-electron chi connectivity index (χ3n) is 3.56. The van der Waals surface area contributed by atoms with E-state index in [9.17, 15) is 9.59 Å². The average molecular weight is 305 g/mol. The summed E-state index contributed by atoms with van der Waals surface area (Å²) in [5.41, 5.74) is 2.02. The number of anilines is 4. The summed E-state index contributed by atoms with van der Waals surface area (Å²) in [7, 11) is 0. The molecule has 0 atom stereocenters. The maximum absolute atomic E-state index is 11.9. The Balaban J connectivity index is 1.71. The Kier molecular flexibility index (Phi) is 2.90. The van der Waals surface area contributed by atoms with E-state index in [-0.39, 0.29) is 11.4 Å². The molecule has 7 heteroatoms. The largest absolute Gasteiger partial charge is 0.350 e. The molecule has 3 aromatic carbocycles. The lowest BCUT2D eigenvalue weighted by Gasteiger charge is -2.15. The smallest absolute Gasteiger partial charge is 0.253 e. The molecule has 4 rings (SSSR count). The van der Waals surface area contributed by atoms with Crippen LogP contribution in [0.4, 0.5) is 22.7 Å². The number of nitrogens with one attached hydrogen (secondary N) is 3. The van der Waals surface area contributed by atoms with Gasteiger partial charge in [0, 0.05) is 5.69 Å². The Morgan fingerprint density at radius 1 is 0.783 bits per heavy atom. The first kappa shape index (κ1) is 13.2. The van der Waals surface area contributed by atoms with Gasteiger partial charge in [-0.25, -0.2) is 0 Å². The van der Waals surface area contributed by atoms with E-state index < -0.39 is 10.9 Å². The Morgan fingerprint density at radius 2 is 1.52 bits per heavy atom. The number of H-pyrrole nitrogens is 1. The van der Waals surface area contributed by atoms with Gasteiger partial charge in [-0.2, -0.15) is 15.4 Å². The monoisotopic (exact) mass is 305 g/mol. The second kappa shape index (κ2) is 5.06. The lowest BCUT2D eigenvalue weighted by atomic mass is 10.1. The van der Waals surface area contributed by atoms with Gasteiger partial charge in [0.1, 0.15) is 22.4 Å². The molecule has 0 radical (unpaired) electrons. The summed E-state index contributed by atoms with van der Waals surface area (Å²) in [4.78, 5) is 23.7. The molecule has 23 heavy (non-hydrogen) atoms. The molecule has 1 aromatic heterocycles. The van der Waals surface area contributed by atoms with Gasteiger partial charge in [-0.3, -0.25) is 9.59 Å². The van der Waals surface area contributed by atoms with Crippen LogP contribution in [0, 0.1) is 0 Å². The van der Waals surface area contributed by atoms with Gasteiger partial charge in [0.05, 0.1) is 5.69 Å².